The molecule has 5 heteroatoms. The van der Waals surface area contributed by atoms with Gasteiger partial charge in [-0.25, -0.2) is 4.68 Å². The Morgan fingerprint density at radius 3 is 2.43 bits per heavy atom. The van der Waals surface area contributed by atoms with Crippen LogP contribution < -0.4 is 11.0 Å². The van der Waals surface area contributed by atoms with Crippen molar-refractivity contribution in [2.24, 2.45) is 5.10 Å². The van der Waals surface area contributed by atoms with Crippen molar-refractivity contribution in [2.45, 2.75) is 13.8 Å². The number of aromatic nitrogens is 2. The fraction of sp³-hybridized carbons (Fsp3) is 0.111. The number of aromatic amines is 1. The molecule has 0 unspecified atom stereocenters. The maximum atomic E-state index is 12.5. The smallest absolute Gasteiger partial charge is 0.280 e. The molecule has 2 N–H and O–H groups in total. The van der Waals surface area contributed by atoms with Crippen molar-refractivity contribution in [2.75, 3.05) is 5.43 Å². The molecular weight excluding hydrogens is 288 g/mol. The van der Waals surface area contributed by atoms with Crippen LogP contribution in [0.15, 0.2) is 64.5 Å². The Kier molecular flexibility index (Phi) is 4.10. The van der Waals surface area contributed by atoms with Crippen molar-refractivity contribution >= 4 is 11.9 Å². The van der Waals surface area contributed by atoms with Crippen molar-refractivity contribution in [3.05, 3.63) is 81.8 Å². The van der Waals surface area contributed by atoms with E-state index in [1.54, 1.807) is 6.21 Å². The van der Waals surface area contributed by atoms with Crippen LogP contribution in [0.25, 0.3) is 5.69 Å². The molecule has 0 bridgehead atoms. The number of anilines is 1. The highest BCUT2D eigenvalue weighted by Gasteiger charge is 2.10. The largest absolute Gasteiger partial charge is 0.295 e. The number of benzene rings is 2. The highest BCUT2D eigenvalue weighted by Crippen LogP contribution is 2.09. The third kappa shape index (κ3) is 3.23. The van der Waals surface area contributed by atoms with Gasteiger partial charge in [0.15, 0.2) is 0 Å². The minimum atomic E-state index is -0.122. The van der Waals surface area contributed by atoms with E-state index in [0.29, 0.717) is 5.56 Å². The van der Waals surface area contributed by atoms with Crippen LogP contribution in [0.2, 0.25) is 0 Å². The first kappa shape index (κ1) is 14.8. The molecule has 2 aromatic carbocycles. The third-order valence-corrected chi connectivity index (χ3v) is 3.57. The minimum Gasteiger partial charge on any atom is -0.295 e. The maximum absolute atomic E-state index is 12.5. The zero-order valence-electron chi connectivity index (χ0n) is 13.1. The first-order chi connectivity index (χ1) is 11.1. The van der Waals surface area contributed by atoms with Gasteiger partial charge in [-0.15, -0.1) is 0 Å². The molecule has 23 heavy (non-hydrogen) atoms. The van der Waals surface area contributed by atoms with E-state index < -0.39 is 0 Å². The van der Waals surface area contributed by atoms with Crippen LogP contribution in [0.1, 0.15) is 16.8 Å². The van der Waals surface area contributed by atoms with E-state index in [1.807, 2.05) is 68.4 Å². The summed E-state index contributed by atoms with van der Waals surface area (Å²) in [5.74, 6) is 0. The molecule has 3 aromatic rings. The summed E-state index contributed by atoms with van der Waals surface area (Å²) in [7, 11) is 0. The highest BCUT2D eigenvalue weighted by atomic mass is 16.1. The fourth-order valence-corrected chi connectivity index (χ4v) is 2.27. The van der Waals surface area contributed by atoms with E-state index in [0.717, 1.165) is 17.1 Å². The van der Waals surface area contributed by atoms with Crippen molar-refractivity contribution < 1.29 is 0 Å². The molecule has 0 saturated carbocycles. The van der Waals surface area contributed by atoms with Gasteiger partial charge in [0.2, 0.25) is 0 Å². The minimum absolute atomic E-state index is 0.122. The number of hydrogen-bond acceptors (Lipinski definition) is 3. The SMILES string of the molecule is Cc1ccc(NN=Cc2c(C)[nH]n(-c3ccccc3)c2=O)cc1. The lowest BCUT2D eigenvalue weighted by molar-refractivity contribution is 0.835. The molecule has 0 amide bonds. The van der Waals surface area contributed by atoms with E-state index >= 15 is 0 Å². The van der Waals surface area contributed by atoms with Gasteiger partial charge in [0, 0.05) is 5.69 Å². The molecule has 5 nitrogen and oxygen atoms in total. The van der Waals surface area contributed by atoms with Gasteiger partial charge in [-0.1, -0.05) is 35.9 Å². The summed E-state index contributed by atoms with van der Waals surface area (Å²) in [6, 6.07) is 17.3. The lowest BCUT2D eigenvalue weighted by Crippen LogP contribution is -2.17. The standard InChI is InChI=1S/C18H18N4O/c1-13-8-10-15(11-9-13)20-19-12-17-14(2)21-22(18(17)23)16-6-4-3-5-7-16/h3-12,20-21H,1-2H3. The van der Waals surface area contributed by atoms with Crippen molar-refractivity contribution in [1.29, 1.82) is 0 Å². The van der Waals surface area contributed by atoms with Gasteiger partial charge in [-0.2, -0.15) is 5.10 Å². The Hall–Kier alpha value is -3.08. The van der Waals surface area contributed by atoms with Crippen LogP contribution in [0.3, 0.4) is 0 Å². The predicted octanol–water partition coefficient (Wildman–Crippen LogP) is 3.23. The summed E-state index contributed by atoms with van der Waals surface area (Å²) < 4.78 is 1.52. The van der Waals surface area contributed by atoms with Crippen LogP contribution in [0.5, 0.6) is 0 Å². The summed E-state index contributed by atoms with van der Waals surface area (Å²) in [5, 5.41) is 7.23. The second-order valence-corrected chi connectivity index (χ2v) is 5.36. The number of rotatable bonds is 4. The average molecular weight is 306 g/mol. The van der Waals surface area contributed by atoms with Gasteiger partial charge in [-0.05, 0) is 38.1 Å². The molecule has 0 saturated heterocycles. The topological polar surface area (TPSA) is 62.2 Å². The van der Waals surface area contributed by atoms with Crippen molar-refractivity contribution in [1.82, 2.24) is 9.78 Å². The van der Waals surface area contributed by atoms with Crippen molar-refractivity contribution in [3.63, 3.8) is 0 Å². The molecule has 0 spiro atoms. The summed E-state index contributed by atoms with van der Waals surface area (Å²) in [5.41, 5.74) is 6.98. The van der Waals surface area contributed by atoms with Crippen molar-refractivity contribution in [3.8, 4) is 5.69 Å². The van der Waals surface area contributed by atoms with E-state index in [9.17, 15) is 4.79 Å². The fourth-order valence-electron chi connectivity index (χ4n) is 2.27. The molecule has 0 aliphatic heterocycles. The van der Waals surface area contributed by atoms with Crippen LogP contribution in [-0.4, -0.2) is 16.0 Å². The monoisotopic (exact) mass is 306 g/mol. The second kappa shape index (κ2) is 6.36. The molecule has 3 rings (SSSR count). The van der Waals surface area contributed by atoms with E-state index in [4.69, 9.17) is 0 Å². The van der Waals surface area contributed by atoms with Crippen LogP contribution in [0.4, 0.5) is 5.69 Å². The number of hydrazone groups is 1. The first-order valence-electron chi connectivity index (χ1n) is 7.38. The van der Waals surface area contributed by atoms with Gasteiger partial charge in [0.05, 0.1) is 23.2 Å². The molecule has 0 fully saturated rings. The summed E-state index contributed by atoms with van der Waals surface area (Å²) >= 11 is 0. The van der Waals surface area contributed by atoms with Gasteiger partial charge in [-0.3, -0.25) is 15.3 Å². The van der Waals surface area contributed by atoms with Crippen LogP contribution in [0, 0.1) is 13.8 Å². The molecule has 1 aromatic heterocycles. The van der Waals surface area contributed by atoms with E-state index in [1.165, 1.54) is 10.2 Å². The van der Waals surface area contributed by atoms with E-state index in [2.05, 4.69) is 15.6 Å². The summed E-state index contributed by atoms with van der Waals surface area (Å²) in [6.07, 6.45) is 1.55. The summed E-state index contributed by atoms with van der Waals surface area (Å²) in [4.78, 5) is 12.5. The molecule has 0 aliphatic carbocycles. The highest BCUT2D eigenvalue weighted by molar-refractivity contribution is 5.81. The number of hydrogen-bond donors (Lipinski definition) is 2. The predicted molar refractivity (Wildman–Crippen MR) is 93.5 cm³/mol. The lowest BCUT2D eigenvalue weighted by atomic mass is 10.2. The van der Waals surface area contributed by atoms with Gasteiger partial charge in [0.1, 0.15) is 0 Å². The molecular formula is C18H18N4O. The summed E-state index contributed by atoms with van der Waals surface area (Å²) in [6.45, 7) is 3.89. The Morgan fingerprint density at radius 2 is 1.74 bits per heavy atom. The molecule has 1 heterocycles. The molecule has 0 radical (unpaired) electrons. The average Bonchev–Trinajstić information content (AvgIpc) is 2.85. The second-order valence-electron chi connectivity index (χ2n) is 5.36. The molecule has 0 aliphatic rings. The normalized spacial score (nSPS) is 11.0. The first-order valence-corrected chi connectivity index (χ1v) is 7.38. The lowest BCUT2D eigenvalue weighted by Gasteiger charge is -1.99. The Balaban J connectivity index is 1.83. The maximum Gasteiger partial charge on any atom is 0.280 e. The quantitative estimate of drug-likeness (QED) is 0.574. The number of H-pyrrole nitrogens is 1. The van der Waals surface area contributed by atoms with Gasteiger partial charge < -0.3 is 0 Å². The number of nitrogens with zero attached hydrogens (tertiary/aromatic N) is 2. The Labute approximate surface area is 134 Å². The van der Waals surface area contributed by atoms with E-state index in [-0.39, 0.29) is 5.56 Å². The zero-order valence-corrected chi connectivity index (χ0v) is 13.1. The van der Waals surface area contributed by atoms with Gasteiger partial charge >= 0.3 is 0 Å². The van der Waals surface area contributed by atoms with Gasteiger partial charge in [0.25, 0.3) is 5.56 Å². The number of para-hydroxylation sites is 1. The molecule has 0 atom stereocenters. The Morgan fingerprint density at radius 1 is 1.04 bits per heavy atom. The Bertz CT molecular complexity index is 874. The number of aryl methyl sites for hydroxylation is 2. The number of nitrogens with one attached hydrogen (secondary N) is 2. The zero-order chi connectivity index (χ0) is 16.2. The van der Waals surface area contributed by atoms with Crippen LogP contribution >= 0.6 is 0 Å². The molecule has 116 valence electrons. The third-order valence-electron chi connectivity index (χ3n) is 3.57. The van der Waals surface area contributed by atoms with Crippen LogP contribution in [-0.2, 0) is 0 Å².